The zero-order valence-corrected chi connectivity index (χ0v) is 15.5. The molecule has 0 saturated carbocycles. The molecule has 1 unspecified atom stereocenters. The fourth-order valence-electron chi connectivity index (χ4n) is 3.00. The number of nitrogens with one attached hydrogen (secondary N) is 1. The first-order chi connectivity index (χ1) is 11.6. The Bertz CT molecular complexity index is 720. The minimum absolute atomic E-state index is 0. The van der Waals surface area contributed by atoms with Crippen molar-refractivity contribution in [1.82, 2.24) is 10.2 Å². The number of ether oxygens (including phenoxy) is 1. The molecule has 0 aliphatic carbocycles. The summed E-state index contributed by atoms with van der Waals surface area (Å²) in [4.78, 5) is 14.7. The average molecular weight is 361 g/mol. The molecule has 2 aromatic carbocycles. The molecule has 134 valence electrons. The van der Waals surface area contributed by atoms with Gasteiger partial charge in [-0.05, 0) is 37.6 Å². The monoisotopic (exact) mass is 360 g/mol. The number of carbonyl (C=O) groups is 1. The van der Waals surface area contributed by atoms with Gasteiger partial charge in [-0.3, -0.25) is 4.79 Å². The van der Waals surface area contributed by atoms with E-state index in [1.54, 1.807) is 0 Å². The molecule has 0 bridgehead atoms. The SMILES string of the molecule is Cc1cccc(COc2cccc(C(=O)N3CCNCC3C)c2)c1.Cl. The number of halogens is 1. The first-order valence-electron chi connectivity index (χ1n) is 8.43. The minimum Gasteiger partial charge on any atom is -0.489 e. The molecule has 5 heteroatoms. The van der Waals surface area contributed by atoms with Gasteiger partial charge in [0.2, 0.25) is 0 Å². The molecular formula is C20H25ClN2O2. The van der Waals surface area contributed by atoms with Gasteiger partial charge in [-0.1, -0.05) is 35.9 Å². The highest BCUT2D eigenvalue weighted by atomic mass is 35.5. The number of hydrogen-bond acceptors (Lipinski definition) is 3. The van der Waals surface area contributed by atoms with Crippen LogP contribution in [0, 0.1) is 6.92 Å². The number of hydrogen-bond donors (Lipinski definition) is 1. The van der Waals surface area contributed by atoms with Crippen LogP contribution in [0.4, 0.5) is 0 Å². The summed E-state index contributed by atoms with van der Waals surface area (Å²) in [6.45, 7) is 7.08. The highest BCUT2D eigenvalue weighted by Crippen LogP contribution is 2.18. The number of rotatable bonds is 4. The summed E-state index contributed by atoms with van der Waals surface area (Å²) in [6.07, 6.45) is 0. The van der Waals surface area contributed by atoms with Gasteiger partial charge in [-0.25, -0.2) is 0 Å². The lowest BCUT2D eigenvalue weighted by atomic mass is 10.1. The van der Waals surface area contributed by atoms with Crippen LogP contribution in [0.2, 0.25) is 0 Å². The Morgan fingerprint density at radius 3 is 2.80 bits per heavy atom. The highest BCUT2D eigenvalue weighted by Gasteiger charge is 2.24. The third-order valence-electron chi connectivity index (χ3n) is 4.33. The molecule has 1 fully saturated rings. The van der Waals surface area contributed by atoms with E-state index in [1.807, 2.05) is 41.3 Å². The molecule has 0 spiro atoms. The Morgan fingerprint density at radius 2 is 2.04 bits per heavy atom. The normalized spacial score (nSPS) is 16.9. The van der Waals surface area contributed by atoms with Crippen molar-refractivity contribution in [3.63, 3.8) is 0 Å². The minimum atomic E-state index is 0. The van der Waals surface area contributed by atoms with Crippen molar-refractivity contribution in [3.05, 3.63) is 65.2 Å². The van der Waals surface area contributed by atoms with E-state index < -0.39 is 0 Å². The molecule has 0 aromatic heterocycles. The van der Waals surface area contributed by atoms with Crippen molar-refractivity contribution in [1.29, 1.82) is 0 Å². The maximum absolute atomic E-state index is 12.7. The summed E-state index contributed by atoms with van der Waals surface area (Å²) in [5.74, 6) is 0.801. The van der Waals surface area contributed by atoms with Crippen molar-refractivity contribution in [2.45, 2.75) is 26.5 Å². The number of carbonyl (C=O) groups excluding carboxylic acids is 1. The second-order valence-electron chi connectivity index (χ2n) is 6.36. The second-order valence-corrected chi connectivity index (χ2v) is 6.36. The maximum atomic E-state index is 12.7. The number of piperazine rings is 1. The smallest absolute Gasteiger partial charge is 0.254 e. The van der Waals surface area contributed by atoms with Crippen LogP contribution >= 0.6 is 12.4 Å². The van der Waals surface area contributed by atoms with Gasteiger partial charge in [0.25, 0.3) is 5.91 Å². The van der Waals surface area contributed by atoms with E-state index in [0.29, 0.717) is 12.2 Å². The molecule has 3 rings (SSSR count). The van der Waals surface area contributed by atoms with Gasteiger partial charge in [-0.2, -0.15) is 0 Å². The predicted octanol–water partition coefficient (Wildman–Crippen LogP) is 3.43. The van der Waals surface area contributed by atoms with Gasteiger partial charge >= 0.3 is 0 Å². The fourth-order valence-corrected chi connectivity index (χ4v) is 3.00. The van der Waals surface area contributed by atoms with Crippen LogP contribution in [0.5, 0.6) is 5.75 Å². The van der Waals surface area contributed by atoms with E-state index in [-0.39, 0.29) is 24.4 Å². The Hall–Kier alpha value is -2.04. The molecule has 4 nitrogen and oxygen atoms in total. The van der Waals surface area contributed by atoms with Gasteiger partial charge in [-0.15, -0.1) is 12.4 Å². The zero-order valence-electron chi connectivity index (χ0n) is 14.7. The summed E-state index contributed by atoms with van der Waals surface area (Å²) >= 11 is 0. The third-order valence-corrected chi connectivity index (χ3v) is 4.33. The van der Waals surface area contributed by atoms with E-state index in [1.165, 1.54) is 5.56 Å². The first-order valence-corrected chi connectivity index (χ1v) is 8.43. The molecule has 1 heterocycles. The van der Waals surface area contributed by atoms with Crippen LogP contribution < -0.4 is 10.1 Å². The summed E-state index contributed by atoms with van der Waals surface area (Å²) in [5, 5.41) is 3.31. The third kappa shape index (κ3) is 4.97. The fraction of sp³-hybridized carbons (Fsp3) is 0.350. The zero-order chi connectivity index (χ0) is 16.9. The first kappa shape index (κ1) is 19.3. The summed E-state index contributed by atoms with van der Waals surface area (Å²) in [5.41, 5.74) is 3.03. The lowest BCUT2D eigenvalue weighted by molar-refractivity contribution is 0.0655. The molecule has 2 aromatic rings. The van der Waals surface area contributed by atoms with E-state index in [2.05, 4.69) is 31.3 Å². The Kier molecular flexibility index (Phi) is 6.85. The van der Waals surface area contributed by atoms with Gasteiger partial charge < -0.3 is 15.0 Å². The van der Waals surface area contributed by atoms with Crippen molar-refractivity contribution < 1.29 is 9.53 Å². The number of benzene rings is 2. The van der Waals surface area contributed by atoms with E-state index >= 15 is 0 Å². The van der Waals surface area contributed by atoms with Gasteiger partial charge in [0, 0.05) is 31.2 Å². The van der Waals surface area contributed by atoms with Crippen molar-refractivity contribution in [3.8, 4) is 5.75 Å². The number of nitrogens with zero attached hydrogens (tertiary/aromatic N) is 1. The lowest BCUT2D eigenvalue weighted by Gasteiger charge is -2.34. The van der Waals surface area contributed by atoms with Crippen molar-refractivity contribution >= 4 is 18.3 Å². The molecule has 1 aliphatic rings. The van der Waals surface area contributed by atoms with Crippen molar-refractivity contribution in [2.24, 2.45) is 0 Å². The molecule has 1 aliphatic heterocycles. The molecule has 1 N–H and O–H groups in total. The molecule has 1 saturated heterocycles. The number of aryl methyl sites for hydroxylation is 1. The summed E-state index contributed by atoms with van der Waals surface area (Å²) in [7, 11) is 0. The van der Waals surface area contributed by atoms with Crippen LogP contribution in [0.1, 0.15) is 28.4 Å². The summed E-state index contributed by atoms with van der Waals surface area (Å²) in [6, 6.07) is 15.9. The Balaban J connectivity index is 0.00000225. The molecule has 0 radical (unpaired) electrons. The predicted molar refractivity (Wildman–Crippen MR) is 103 cm³/mol. The quantitative estimate of drug-likeness (QED) is 0.908. The van der Waals surface area contributed by atoms with Gasteiger partial charge in [0.15, 0.2) is 0 Å². The average Bonchev–Trinajstić information content (AvgIpc) is 2.60. The molecule has 1 amide bonds. The molecule has 25 heavy (non-hydrogen) atoms. The lowest BCUT2D eigenvalue weighted by Crippen LogP contribution is -2.52. The van der Waals surface area contributed by atoms with E-state index in [0.717, 1.165) is 30.9 Å². The van der Waals surface area contributed by atoms with Crippen molar-refractivity contribution in [2.75, 3.05) is 19.6 Å². The van der Waals surface area contributed by atoms with Crippen LogP contribution in [0.3, 0.4) is 0 Å². The van der Waals surface area contributed by atoms with Crippen LogP contribution in [-0.4, -0.2) is 36.5 Å². The standard InChI is InChI=1S/C20H24N2O2.ClH/c1-15-5-3-6-17(11-15)14-24-19-8-4-7-18(12-19)20(23)22-10-9-21-13-16(22)2;/h3-8,11-12,16,21H,9-10,13-14H2,1-2H3;1H. The van der Waals surface area contributed by atoms with E-state index in [4.69, 9.17) is 4.74 Å². The molecular weight excluding hydrogens is 336 g/mol. The van der Waals surface area contributed by atoms with Crippen LogP contribution in [-0.2, 0) is 6.61 Å². The Labute approximate surface area is 155 Å². The van der Waals surface area contributed by atoms with Gasteiger partial charge in [0.1, 0.15) is 12.4 Å². The highest BCUT2D eigenvalue weighted by molar-refractivity contribution is 5.94. The second kappa shape index (κ2) is 8.88. The summed E-state index contributed by atoms with van der Waals surface area (Å²) < 4.78 is 5.87. The van der Waals surface area contributed by atoms with Crippen LogP contribution in [0.25, 0.3) is 0 Å². The van der Waals surface area contributed by atoms with Crippen LogP contribution in [0.15, 0.2) is 48.5 Å². The van der Waals surface area contributed by atoms with Gasteiger partial charge in [0.05, 0.1) is 0 Å². The van der Waals surface area contributed by atoms with E-state index in [9.17, 15) is 4.79 Å². The maximum Gasteiger partial charge on any atom is 0.254 e. The Morgan fingerprint density at radius 1 is 1.24 bits per heavy atom. The topological polar surface area (TPSA) is 41.6 Å². The molecule has 1 atom stereocenters. The largest absolute Gasteiger partial charge is 0.489 e. The number of amides is 1.